The Morgan fingerprint density at radius 1 is 1.15 bits per heavy atom. The van der Waals surface area contributed by atoms with Crippen molar-refractivity contribution in [2.45, 2.75) is 39.2 Å². The Hall–Kier alpha value is -1.61. The van der Waals surface area contributed by atoms with Gasteiger partial charge in [0.25, 0.3) is 0 Å². The minimum absolute atomic E-state index is 0.993. The lowest BCUT2D eigenvalue weighted by molar-refractivity contribution is 0.277. The molecule has 20 heavy (non-hydrogen) atoms. The van der Waals surface area contributed by atoms with Crippen molar-refractivity contribution in [3.8, 4) is 11.4 Å². The topological polar surface area (TPSA) is 31.9 Å². The van der Waals surface area contributed by atoms with Gasteiger partial charge in [0.05, 0.1) is 0 Å². The number of likely N-dealkylation sites (tertiary alicyclic amines) is 1. The zero-order chi connectivity index (χ0) is 13.8. The van der Waals surface area contributed by atoms with Gasteiger partial charge in [0.15, 0.2) is 0 Å². The SMILES string of the molecule is Cc1cccc(CN2CCCCCC2)c1-c1ncc[nH]1. The number of imidazole rings is 1. The third kappa shape index (κ3) is 2.93. The summed E-state index contributed by atoms with van der Waals surface area (Å²) in [5.41, 5.74) is 3.97. The molecular formula is C17H23N3. The highest BCUT2D eigenvalue weighted by Crippen LogP contribution is 2.26. The lowest BCUT2D eigenvalue weighted by Gasteiger charge is -2.22. The molecule has 1 aliphatic heterocycles. The van der Waals surface area contributed by atoms with Gasteiger partial charge >= 0.3 is 0 Å². The Morgan fingerprint density at radius 3 is 2.65 bits per heavy atom. The van der Waals surface area contributed by atoms with Crippen LogP contribution in [-0.4, -0.2) is 28.0 Å². The van der Waals surface area contributed by atoms with E-state index >= 15 is 0 Å². The smallest absolute Gasteiger partial charge is 0.137 e. The molecule has 1 fully saturated rings. The summed E-state index contributed by atoms with van der Waals surface area (Å²) in [6.07, 6.45) is 9.17. The highest BCUT2D eigenvalue weighted by molar-refractivity contribution is 5.64. The number of H-pyrrole nitrogens is 1. The molecule has 1 aliphatic rings. The fourth-order valence-corrected chi connectivity index (χ4v) is 3.14. The molecule has 0 aliphatic carbocycles. The zero-order valence-corrected chi connectivity index (χ0v) is 12.2. The highest BCUT2D eigenvalue weighted by atomic mass is 15.1. The number of aromatic amines is 1. The van der Waals surface area contributed by atoms with Gasteiger partial charge < -0.3 is 4.98 Å². The largest absolute Gasteiger partial charge is 0.345 e. The molecule has 106 valence electrons. The molecule has 0 saturated carbocycles. The van der Waals surface area contributed by atoms with E-state index in [4.69, 9.17) is 0 Å². The van der Waals surface area contributed by atoms with Gasteiger partial charge in [-0.05, 0) is 44.0 Å². The number of nitrogens with zero attached hydrogens (tertiary/aromatic N) is 2. The molecular weight excluding hydrogens is 246 g/mol. The summed E-state index contributed by atoms with van der Waals surface area (Å²) >= 11 is 0. The van der Waals surface area contributed by atoms with E-state index in [9.17, 15) is 0 Å². The molecule has 3 rings (SSSR count). The molecule has 2 aromatic rings. The third-order valence-corrected chi connectivity index (χ3v) is 4.19. The second kappa shape index (κ2) is 6.23. The van der Waals surface area contributed by atoms with Crippen molar-refractivity contribution < 1.29 is 0 Å². The van der Waals surface area contributed by atoms with Crippen molar-refractivity contribution in [3.05, 3.63) is 41.7 Å². The van der Waals surface area contributed by atoms with E-state index in [1.807, 2.05) is 12.4 Å². The van der Waals surface area contributed by atoms with Crippen molar-refractivity contribution in [2.75, 3.05) is 13.1 Å². The summed E-state index contributed by atoms with van der Waals surface area (Å²) in [5, 5.41) is 0. The van der Waals surface area contributed by atoms with Gasteiger partial charge in [-0.1, -0.05) is 31.0 Å². The molecule has 0 radical (unpaired) electrons. The quantitative estimate of drug-likeness (QED) is 0.920. The Kier molecular flexibility index (Phi) is 4.16. The predicted octanol–water partition coefficient (Wildman–Crippen LogP) is 3.76. The van der Waals surface area contributed by atoms with Crippen LogP contribution in [-0.2, 0) is 6.54 Å². The molecule has 3 nitrogen and oxygen atoms in total. The van der Waals surface area contributed by atoms with E-state index in [1.54, 1.807) is 0 Å². The highest BCUT2D eigenvalue weighted by Gasteiger charge is 2.14. The van der Waals surface area contributed by atoms with Crippen molar-refractivity contribution >= 4 is 0 Å². The Bertz CT molecular complexity index is 537. The number of rotatable bonds is 3. The van der Waals surface area contributed by atoms with Gasteiger partial charge in [-0.15, -0.1) is 0 Å². The first-order valence-corrected chi connectivity index (χ1v) is 7.65. The van der Waals surface area contributed by atoms with Crippen molar-refractivity contribution in [1.29, 1.82) is 0 Å². The van der Waals surface area contributed by atoms with Crippen LogP contribution in [0.5, 0.6) is 0 Å². The van der Waals surface area contributed by atoms with Gasteiger partial charge in [0, 0.05) is 24.5 Å². The predicted molar refractivity (Wildman–Crippen MR) is 82.5 cm³/mol. The average molecular weight is 269 g/mol. The molecule has 1 N–H and O–H groups in total. The molecule has 3 heteroatoms. The van der Waals surface area contributed by atoms with Gasteiger partial charge in [0.2, 0.25) is 0 Å². The minimum Gasteiger partial charge on any atom is -0.345 e. The number of benzene rings is 1. The molecule has 0 amide bonds. The van der Waals surface area contributed by atoms with E-state index in [2.05, 4.69) is 40.0 Å². The fourth-order valence-electron chi connectivity index (χ4n) is 3.14. The first-order chi connectivity index (χ1) is 9.84. The Balaban J connectivity index is 1.87. The first-order valence-electron chi connectivity index (χ1n) is 7.65. The van der Waals surface area contributed by atoms with Crippen molar-refractivity contribution in [1.82, 2.24) is 14.9 Å². The lowest BCUT2D eigenvalue weighted by atomic mass is 10.0. The maximum absolute atomic E-state index is 4.45. The van der Waals surface area contributed by atoms with Crippen LogP contribution >= 0.6 is 0 Å². The minimum atomic E-state index is 0.993. The molecule has 0 spiro atoms. The summed E-state index contributed by atoms with van der Waals surface area (Å²) in [6, 6.07) is 6.58. The maximum atomic E-state index is 4.45. The molecule has 1 aromatic carbocycles. The monoisotopic (exact) mass is 269 g/mol. The van der Waals surface area contributed by atoms with Gasteiger partial charge in [-0.25, -0.2) is 4.98 Å². The summed E-state index contributed by atoms with van der Waals surface area (Å²) in [5.74, 6) is 0.993. The summed E-state index contributed by atoms with van der Waals surface area (Å²) < 4.78 is 0. The average Bonchev–Trinajstić information content (AvgIpc) is 2.84. The summed E-state index contributed by atoms with van der Waals surface area (Å²) in [4.78, 5) is 10.3. The standard InChI is InChI=1S/C17H23N3/c1-14-7-6-8-15(16(14)17-18-9-10-19-17)13-20-11-4-2-3-5-12-20/h6-10H,2-5,11-13H2,1H3,(H,18,19). The number of nitrogens with one attached hydrogen (secondary N) is 1. The van der Waals surface area contributed by atoms with Gasteiger partial charge in [0.1, 0.15) is 5.82 Å². The molecule has 0 bridgehead atoms. The summed E-state index contributed by atoms with van der Waals surface area (Å²) in [6.45, 7) is 5.67. The molecule has 2 heterocycles. The van der Waals surface area contributed by atoms with Crippen molar-refractivity contribution in [2.24, 2.45) is 0 Å². The Morgan fingerprint density at radius 2 is 1.95 bits per heavy atom. The first kappa shape index (κ1) is 13.4. The van der Waals surface area contributed by atoms with Crippen molar-refractivity contribution in [3.63, 3.8) is 0 Å². The maximum Gasteiger partial charge on any atom is 0.137 e. The van der Waals surface area contributed by atoms with Crippen LogP contribution < -0.4 is 0 Å². The summed E-state index contributed by atoms with van der Waals surface area (Å²) in [7, 11) is 0. The second-order valence-electron chi connectivity index (χ2n) is 5.74. The molecule has 0 atom stereocenters. The number of aryl methyl sites for hydroxylation is 1. The van der Waals surface area contributed by atoms with E-state index in [-0.39, 0.29) is 0 Å². The number of hydrogen-bond donors (Lipinski definition) is 1. The van der Waals surface area contributed by atoms with Crippen LogP contribution in [0.4, 0.5) is 0 Å². The number of aromatic nitrogens is 2. The van der Waals surface area contributed by atoms with Gasteiger partial charge in [-0.3, -0.25) is 4.90 Å². The van der Waals surface area contributed by atoms with Crippen LogP contribution in [0.3, 0.4) is 0 Å². The van der Waals surface area contributed by atoms with E-state index in [1.165, 1.54) is 55.5 Å². The van der Waals surface area contributed by atoms with Crippen LogP contribution in [0.1, 0.15) is 36.8 Å². The third-order valence-electron chi connectivity index (χ3n) is 4.19. The van der Waals surface area contributed by atoms with Gasteiger partial charge in [-0.2, -0.15) is 0 Å². The van der Waals surface area contributed by atoms with Crippen LogP contribution in [0.2, 0.25) is 0 Å². The van der Waals surface area contributed by atoms with Crippen LogP contribution in [0, 0.1) is 6.92 Å². The second-order valence-corrected chi connectivity index (χ2v) is 5.74. The van der Waals surface area contributed by atoms with E-state index < -0.39 is 0 Å². The van der Waals surface area contributed by atoms with E-state index in [0.717, 1.165) is 12.4 Å². The Labute approximate surface area is 121 Å². The van der Waals surface area contributed by atoms with Crippen LogP contribution in [0.25, 0.3) is 11.4 Å². The fraction of sp³-hybridized carbons (Fsp3) is 0.471. The molecule has 0 unspecified atom stereocenters. The normalized spacial score (nSPS) is 17.1. The lowest BCUT2D eigenvalue weighted by Crippen LogP contribution is -2.24. The molecule has 1 aromatic heterocycles. The molecule has 1 saturated heterocycles. The van der Waals surface area contributed by atoms with E-state index in [0.29, 0.717) is 0 Å². The number of hydrogen-bond acceptors (Lipinski definition) is 2. The zero-order valence-electron chi connectivity index (χ0n) is 12.2. The van der Waals surface area contributed by atoms with Crippen LogP contribution in [0.15, 0.2) is 30.6 Å².